The van der Waals surface area contributed by atoms with Crippen molar-refractivity contribution in [2.45, 2.75) is 153 Å². The van der Waals surface area contributed by atoms with E-state index in [0.717, 1.165) is 194 Å². The van der Waals surface area contributed by atoms with Crippen molar-refractivity contribution in [1.82, 2.24) is 72.3 Å². The van der Waals surface area contributed by atoms with Gasteiger partial charge in [-0.05, 0) is 234 Å². The lowest BCUT2D eigenvalue weighted by atomic mass is 10.0. The third kappa shape index (κ3) is 25.3. The topological polar surface area (TPSA) is 191 Å². The van der Waals surface area contributed by atoms with Gasteiger partial charge in [-0.2, -0.15) is 0 Å². The van der Waals surface area contributed by atoms with Crippen LogP contribution in [0.2, 0.25) is 10.0 Å². The van der Waals surface area contributed by atoms with Gasteiger partial charge in [-0.3, -0.25) is 37.7 Å². The monoisotopic (exact) mass is 1930 g/mol. The SMILES string of the molecule is CCCCN(Cc1nc2ccccc2n1-c1ccccc1)C(=O)c1cc(F)ccc1C.CCCCN(Cc1nc2ccccc2n1-c1ccccc1)C(=O)c1ccc(F)c(F)c1.CCCCN(Cc1nc2ccccc2n1-c1ccccc1)C(=O)c1cccc(Cl)c1.CCCn1c(CN(C)C(=O)c2cc(C)ccc2C)nc2ccccc21.CCCn1c(CN(C)C(=O)c2cccc(Cl)c2)nc2ccccc21. The number of carbonyl (C=O) groups is 5. The summed E-state index contributed by atoms with van der Waals surface area (Å²) in [5.41, 5.74) is 18.1. The third-order valence-electron chi connectivity index (χ3n) is 24.3. The van der Waals surface area contributed by atoms with E-state index in [4.69, 9.17) is 48.1 Å². The summed E-state index contributed by atoms with van der Waals surface area (Å²) in [6, 6.07) is 97.9. The van der Waals surface area contributed by atoms with Crippen LogP contribution in [0.5, 0.6) is 0 Å². The van der Waals surface area contributed by atoms with E-state index < -0.39 is 17.5 Å². The Morgan fingerprint density at radius 1 is 0.298 bits per heavy atom. The zero-order valence-corrected chi connectivity index (χ0v) is 82.9. The molecule has 25 heteroatoms. The number of aromatic nitrogens is 10. The van der Waals surface area contributed by atoms with E-state index in [1.807, 2.05) is 257 Å². The first-order chi connectivity index (χ1) is 68.4. The molecule has 0 radical (unpaired) electrons. The van der Waals surface area contributed by atoms with Crippen LogP contribution in [0, 0.1) is 38.2 Å². The first-order valence-electron chi connectivity index (χ1n) is 48.1. The Bertz CT molecular complexity index is 7340. The summed E-state index contributed by atoms with van der Waals surface area (Å²) in [7, 11) is 3.64. The van der Waals surface area contributed by atoms with Gasteiger partial charge < -0.3 is 33.6 Å². The van der Waals surface area contributed by atoms with Crippen LogP contribution in [0.3, 0.4) is 0 Å². The van der Waals surface area contributed by atoms with Crippen molar-refractivity contribution in [3.63, 3.8) is 0 Å². The Morgan fingerprint density at radius 2 is 0.631 bits per heavy atom. The average Bonchev–Trinajstić information content (AvgIpc) is 1.63. The minimum Gasteiger partial charge on any atom is -0.334 e. The number of halogens is 5. The molecule has 0 unspecified atom stereocenters. The molecule has 18 aromatic rings. The summed E-state index contributed by atoms with van der Waals surface area (Å²) in [5, 5.41) is 1.13. The lowest BCUT2D eigenvalue weighted by Crippen LogP contribution is -2.33. The van der Waals surface area contributed by atoms with Crippen molar-refractivity contribution in [2.24, 2.45) is 0 Å². The Hall–Kier alpha value is -15.1. The minimum atomic E-state index is -1.03. The molecule has 722 valence electrons. The highest BCUT2D eigenvalue weighted by Crippen LogP contribution is 2.31. The standard InChI is InChI=1S/C26H26FN3O.C25H24ClN3O.C25H23F2N3O.C21H25N3O.C19H20ClN3O/c1-3-4-16-29(26(31)22-17-20(27)15-14-19(22)2)18-25-28-23-12-8-9-13-24(23)30(25)21-10-6-5-7-11-21;1-2-3-16-28(25(30)19-10-9-11-20(26)17-19)18-24-27-22-14-7-8-15-23(22)29(24)21-12-5-4-6-13-21;1-2-3-15-29(25(31)18-13-14-20(26)21(27)16-18)17-24-28-22-11-7-8-12-23(22)30(24)19-9-5-4-6-10-19;1-5-12-24-19-9-7-6-8-18(19)22-20(24)14-23(4)21(25)17-13-15(2)10-11-16(17)3;1-3-11-23-17-10-5-4-9-16(17)21-18(23)13-22(2)19(24)14-7-6-8-15(20)12-14/h5-15,17H,3-4,16,18H2,1-2H3;4-15,17H,2-3,16,18H2,1H3;4-14,16H,2-3,15,17H2,1H3;6-11,13H,5,12,14H2,1-4H3;4-10,12H,3,11,13H2,1-2H3. The van der Waals surface area contributed by atoms with Crippen LogP contribution in [0.15, 0.2) is 315 Å². The van der Waals surface area contributed by atoms with Gasteiger partial charge in [0.05, 0.1) is 87.9 Å². The molecule has 0 aliphatic rings. The van der Waals surface area contributed by atoms with E-state index in [-0.39, 0.29) is 41.6 Å². The quantitative estimate of drug-likeness (QED) is 0.0404. The van der Waals surface area contributed by atoms with Gasteiger partial charge in [0.2, 0.25) is 0 Å². The molecule has 0 aliphatic heterocycles. The van der Waals surface area contributed by atoms with Gasteiger partial charge in [0, 0.05) is 102 Å². The van der Waals surface area contributed by atoms with E-state index in [1.54, 1.807) is 69.1 Å². The number of imidazole rings is 5. The fraction of sp³-hybridized carbons (Fsp3) is 0.241. The molecule has 5 aromatic heterocycles. The largest absolute Gasteiger partial charge is 0.334 e. The molecule has 20 nitrogen and oxygen atoms in total. The molecule has 0 aliphatic carbocycles. The number of unbranched alkanes of at least 4 members (excludes halogenated alkanes) is 3. The van der Waals surface area contributed by atoms with Crippen molar-refractivity contribution in [3.05, 3.63) is 417 Å². The smallest absolute Gasteiger partial charge is 0.254 e. The Labute approximate surface area is 831 Å². The van der Waals surface area contributed by atoms with Crippen molar-refractivity contribution < 1.29 is 37.1 Å². The van der Waals surface area contributed by atoms with Crippen LogP contribution in [0.1, 0.15) is 184 Å². The predicted molar refractivity (Wildman–Crippen MR) is 560 cm³/mol. The van der Waals surface area contributed by atoms with Gasteiger partial charge in [-0.25, -0.2) is 38.1 Å². The third-order valence-corrected chi connectivity index (χ3v) is 24.8. The second-order valence-corrected chi connectivity index (χ2v) is 35.8. The van der Waals surface area contributed by atoms with Gasteiger partial charge in [-0.15, -0.1) is 0 Å². The fourth-order valence-electron chi connectivity index (χ4n) is 17.1. The summed E-state index contributed by atoms with van der Waals surface area (Å²) in [6.45, 7) is 21.9. The van der Waals surface area contributed by atoms with Crippen LogP contribution < -0.4 is 0 Å². The van der Waals surface area contributed by atoms with Crippen molar-refractivity contribution in [1.29, 1.82) is 0 Å². The average molecular weight is 1930 g/mol. The van der Waals surface area contributed by atoms with Gasteiger partial charge >= 0.3 is 0 Å². The number of para-hydroxylation sites is 13. The summed E-state index contributed by atoms with van der Waals surface area (Å²) in [5.74, 6) is 1.19. The number of carbonyl (C=O) groups excluding carboxylic acids is 5. The molecule has 0 bridgehead atoms. The minimum absolute atomic E-state index is 0.0300. The van der Waals surface area contributed by atoms with Crippen LogP contribution in [0.4, 0.5) is 13.2 Å². The van der Waals surface area contributed by atoms with Crippen molar-refractivity contribution in [3.8, 4) is 17.1 Å². The first kappa shape index (κ1) is 102. The maximum Gasteiger partial charge on any atom is 0.254 e. The first-order valence-corrected chi connectivity index (χ1v) is 48.8. The van der Waals surface area contributed by atoms with E-state index in [0.29, 0.717) is 78.4 Å². The molecule has 0 atom stereocenters. The molecular weight excluding hydrogens is 1810 g/mol. The number of benzene rings is 13. The van der Waals surface area contributed by atoms with E-state index >= 15 is 0 Å². The second-order valence-electron chi connectivity index (χ2n) is 34.9. The number of aryl methyl sites for hydroxylation is 5. The zero-order chi connectivity index (χ0) is 99.6. The molecule has 0 N–H and O–H groups in total. The van der Waals surface area contributed by atoms with Crippen LogP contribution in [-0.4, -0.2) is 136 Å². The molecule has 13 aromatic carbocycles. The van der Waals surface area contributed by atoms with Gasteiger partial charge in [0.15, 0.2) is 11.6 Å². The number of hydrogen-bond acceptors (Lipinski definition) is 10. The predicted octanol–water partition coefficient (Wildman–Crippen LogP) is 26.5. The lowest BCUT2D eigenvalue weighted by molar-refractivity contribution is 0.0728. The zero-order valence-electron chi connectivity index (χ0n) is 81.4. The molecule has 5 heterocycles. The summed E-state index contributed by atoms with van der Waals surface area (Å²) >= 11 is 12.1. The number of hydrogen-bond donors (Lipinski definition) is 0. The van der Waals surface area contributed by atoms with Crippen LogP contribution >= 0.6 is 23.2 Å². The molecule has 0 saturated carbocycles. The summed E-state index contributed by atoms with van der Waals surface area (Å²) < 4.78 is 51.7. The number of rotatable bonds is 31. The Balaban J connectivity index is 0.000000141. The molecule has 141 heavy (non-hydrogen) atoms. The maximum absolute atomic E-state index is 13.9. The number of nitrogens with zero attached hydrogens (tertiary/aromatic N) is 15. The summed E-state index contributed by atoms with van der Waals surface area (Å²) in [6.07, 6.45) is 7.50. The molecule has 0 fully saturated rings. The molecule has 0 spiro atoms. The molecular formula is C116H118Cl2F3N15O5. The maximum atomic E-state index is 13.9. The van der Waals surface area contributed by atoms with E-state index in [9.17, 15) is 37.1 Å². The van der Waals surface area contributed by atoms with Gasteiger partial charge in [0.25, 0.3) is 29.5 Å². The highest BCUT2D eigenvalue weighted by Gasteiger charge is 2.28. The van der Waals surface area contributed by atoms with Crippen molar-refractivity contribution in [2.75, 3.05) is 33.7 Å². The Kier molecular flexibility index (Phi) is 35.4. The van der Waals surface area contributed by atoms with E-state index in [1.165, 1.54) is 18.2 Å². The second kappa shape index (κ2) is 49.0. The highest BCUT2D eigenvalue weighted by atomic mass is 35.5. The normalized spacial score (nSPS) is 11.0. The molecule has 0 saturated heterocycles. The van der Waals surface area contributed by atoms with Gasteiger partial charge in [-0.1, -0.05) is 228 Å². The highest BCUT2D eigenvalue weighted by molar-refractivity contribution is 6.31. The fourth-order valence-corrected chi connectivity index (χ4v) is 17.5. The van der Waals surface area contributed by atoms with Crippen LogP contribution in [0.25, 0.3) is 72.2 Å². The van der Waals surface area contributed by atoms with Crippen molar-refractivity contribution >= 4 is 108 Å². The summed E-state index contributed by atoms with van der Waals surface area (Å²) in [4.78, 5) is 98.1. The number of amides is 5. The van der Waals surface area contributed by atoms with E-state index in [2.05, 4.69) is 76.3 Å². The number of fused-ring (bicyclic) bond motifs is 5. The lowest BCUT2D eigenvalue weighted by Gasteiger charge is -2.24. The van der Waals surface area contributed by atoms with Crippen LogP contribution in [-0.2, 0) is 45.8 Å². The van der Waals surface area contributed by atoms with Gasteiger partial charge in [0.1, 0.15) is 34.9 Å². The Morgan fingerprint density at radius 3 is 1.01 bits per heavy atom. The molecule has 18 rings (SSSR count). The molecule has 5 amide bonds.